The lowest BCUT2D eigenvalue weighted by molar-refractivity contribution is 0.414. The molecule has 0 unspecified atom stereocenters. The van der Waals surface area contributed by atoms with E-state index >= 15 is 0 Å². The lowest BCUT2D eigenvalue weighted by Crippen LogP contribution is -2.00. The molecule has 4 aromatic rings. The Kier molecular flexibility index (Phi) is 5.98. The topological polar surface area (TPSA) is 57.3 Å². The number of thioether (sulfide) groups is 1. The molecular formula is C19H12Cl2N2O3S3. The fourth-order valence-electron chi connectivity index (χ4n) is 2.70. The standard InChI is InChI=1S/C19H12Cl2N2O3S3/c1-25-12-3-4-13-10(6-17(24)26-16(13)8-12)9-28-18-22-23(19(27)29-18)11-2-5-14(20)15(21)7-11/h2-8H,9H2,1H3. The van der Waals surface area contributed by atoms with Crippen molar-refractivity contribution in [1.82, 2.24) is 9.78 Å². The third-order valence-corrected chi connectivity index (χ3v) is 7.22. The van der Waals surface area contributed by atoms with Gasteiger partial charge in [-0.25, -0.2) is 9.48 Å². The summed E-state index contributed by atoms with van der Waals surface area (Å²) < 4.78 is 13.5. The molecule has 148 valence electrons. The van der Waals surface area contributed by atoms with Crippen LogP contribution >= 0.6 is 58.5 Å². The van der Waals surface area contributed by atoms with Crippen LogP contribution in [0.25, 0.3) is 16.7 Å². The largest absolute Gasteiger partial charge is 0.497 e. The number of hydrogen-bond acceptors (Lipinski definition) is 7. The molecule has 0 aliphatic rings. The first-order valence-electron chi connectivity index (χ1n) is 8.24. The minimum atomic E-state index is -0.407. The third-order valence-electron chi connectivity index (χ3n) is 4.07. The molecule has 0 saturated carbocycles. The summed E-state index contributed by atoms with van der Waals surface area (Å²) in [5, 5.41) is 6.33. The zero-order chi connectivity index (χ0) is 20.5. The van der Waals surface area contributed by atoms with Crippen molar-refractivity contribution in [2.24, 2.45) is 0 Å². The van der Waals surface area contributed by atoms with Crippen molar-refractivity contribution in [3.8, 4) is 11.4 Å². The van der Waals surface area contributed by atoms with Crippen LogP contribution in [-0.2, 0) is 5.75 Å². The van der Waals surface area contributed by atoms with E-state index in [2.05, 4.69) is 5.10 Å². The molecule has 2 heterocycles. The van der Waals surface area contributed by atoms with Crippen molar-refractivity contribution >= 4 is 69.5 Å². The molecule has 2 aromatic heterocycles. The van der Waals surface area contributed by atoms with Crippen molar-refractivity contribution < 1.29 is 9.15 Å². The average Bonchev–Trinajstić information content (AvgIpc) is 3.08. The summed E-state index contributed by atoms with van der Waals surface area (Å²) in [4.78, 5) is 11.9. The molecule has 0 atom stereocenters. The fourth-order valence-corrected chi connectivity index (χ4v) is 5.34. The van der Waals surface area contributed by atoms with E-state index in [1.807, 2.05) is 18.2 Å². The van der Waals surface area contributed by atoms with E-state index in [-0.39, 0.29) is 0 Å². The second-order valence-electron chi connectivity index (χ2n) is 5.89. The highest BCUT2D eigenvalue weighted by atomic mass is 35.5. The molecule has 0 spiro atoms. The normalized spacial score (nSPS) is 11.1. The van der Waals surface area contributed by atoms with Gasteiger partial charge in [-0.2, -0.15) is 0 Å². The maximum atomic E-state index is 11.9. The predicted octanol–water partition coefficient (Wildman–Crippen LogP) is 6.38. The predicted molar refractivity (Wildman–Crippen MR) is 121 cm³/mol. The summed E-state index contributed by atoms with van der Waals surface area (Å²) in [5.41, 5.74) is 1.67. The SMILES string of the molecule is COc1ccc2c(CSc3nn(-c4ccc(Cl)c(Cl)c4)c(=S)s3)cc(=O)oc2c1. The van der Waals surface area contributed by atoms with Crippen LogP contribution in [0.2, 0.25) is 10.0 Å². The Morgan fingerprint density at radius 3 is 2.79 bits per heavy atom. The molecule has 0 amide bonds. The fraction of sp³-hybridized carbons (Fsp3) is 0.105. The highest BCUT2D eigenvalue weighted by Crippen LogP contribution is 2.31. The van der Waals surface area contributed by atoms with E-state index in [9.17, 15) is 4.79 Å². The Bertz CT molecular complexity index is 1330. The van der Waals surface area contributed by atoms with Gasteiger partial charge < -0.3 is 9.15 Å². The van der Waals surface area contributed by atoms with Gasteiger partial charge >= 0.3 is 5.63 Å². The maximum Gasteiger partial charge on any atom is 0.336 e. The van der Waals surface area contributed by atoms with Gasteiger partial charge in [0, 0.05) is 23.3 Å². The Morgan fingerprint density at radius 2 is 2.03 bits per heavy atom. The summed E-state index contributed by atoms with van der Waals surface area (Å²) in [7, 11) is 1.57. The van der Waals surface area contributed by atoms with Crippen LogP contribution in [0, 0.1) is 3.95 Å². The van der Waals surface area contributed by atoms with Crippen molar-refractivity contribution in [1.29, 1.82) is 0 Å². The van der Waals surface area contributed by atoms with Crippen LogP contribution < -0.4 is 10.4 Å². The first-order valence-corrected chi connectivity index (χ1v) is 11.2. The Hall–Kier alpha value is -1.84. The second kappa shape index (κ2) is 8.49. The zero-order valence-electron chi connectivity index (χ0n) is 14.8. The van der Waals surface area contributed by atoms with Crippen molar-refractivity contribution in [3.63, 3.8) is 0 Å². The molecule has 0 N–H and O–H groups in total. The molecular weight excluding hydrogens is 471 g/mol. The number of fused-ring (bicyclic) bond motifs is 1. The highest BCUT2D eigenvalue weighted by molar-refractivity contribution is 8.00. The summed E-state index contributed by atoms with van der Waals surface area (Å²) in [6.45, 7) is 0. The quantitative estimate of drug-likeness (QED) is 0.187. The van der Waals surface area contributed by atoms with Crippen molar-refractivity contribution in [2.45, 2.75) is 10.1 Å². The highest BCUT2D eigenvalue weighted by Gasteiger charge is 2.11. The Morgan fingerprint density at radius 1 is 1.21 bits per heavy atom. The maximum absolute atomic E-state index is 11.9. The molecule has 0 fully saturated rings. The van der Waals surface area contributed by atoms with Crippen LogP contribution in [0.15, 0.2) is 56.0 Å². The molecule has 2 aromatic carbocycles. The minimum Gasteiger partial charge on any atom is -0.497 e. The van der Waals surface area contributed by atoms with Gasteiger partial charge in [0.1, 0.15) is 11.3 Å². The first-order chi connectivity index (χ1) is 13.9. The van der Waals surface area contributed by atoms with Gasteiger partial charge in [0.05, 0.1) is 22.8 Å². The van der Waals surface area contributed by atoms with Crippen molar-refractivity contribution in [3.05, 3.63) is 72.4 Å². The number of halogens is 2. The summed E-state index contributed by atoms with van der Waals surface area (Å²) in [5.74, 6) is 1.17. The van der Waals surface area contributed by atoms with E-state index in [0.29, 0.717) is 31.1 Å². The number of benzene rings is 2. The van der Waals surface area contributed by atoms with Crippen LogP contribution in [0.1, 0.15) is 5.56 Å². The van der Waals surface area contributed by atoms with Gasteiger partial charge in [0.15, 0.2) is 8.29 Å². The Balaban J connectivity index is 1.62. The summed E-state index contributed by atoms with van der Waals surface area (Å²) in [6, 6.07) is 12.1. The number of methoxy groups -OCH3 is 1. The number of nitrogens with zero attached hydrogens (tertiary/aromatic N) is 2. The molecule has 0 aliphatic heterocycles. The molecule has 0 radical (unpaired) electrons. The third kappa shape index (κ3) is 4.36. The van der Waals surface area contributed by atoms with Gasteiger partial charge in [0.2, 0.25) is 0 Å². The number of aromatic nitrogens is 2. The van der Waals surface area contributed by atoms with E-state index in [1.165, 1.54) is 29.2 Å². The molecule has 10 heteroatoms. The lowest BCUT2D eigenvalue weighted by atomic mass is 10.1. The number of rotatable bonds is 5. The molecule has 0 bridgehead atoms. The average molecular weight is 483 g/mol. The number of hydrogen-bond donors (Lipinski definition) is 0. The number of ether oxygens (including phenoxy) is 1. The van der Waals surface area contributed by atoms with Crippen molar-refractivity contribution in [2.75, 3.05) is 7.11 Å². The first kappa shape index (κ1) is 20.4. The van der Waals surface area contributed by atoms with Gasteiger partial charge in [-0.3, -0.25) is 0 Å². The Labute approximate surface area is 188 Å². The zero-order valence-corrected chi connectivity index (χ0v) is 18.8. The second-order valence-corrected chi connectivity index (χ2v) is 9.55. The van der Waals surface area contributed by atoms with Gasteiger partial charge in [0.25, 0.3) is 0 Å². The monoisotopic (exact) mass is 482 g/mol. The van der Waals surface area contributed by atoms with Crippen LogP contribution in [-0.4, -0.2) is 16.9 Å². The van der Waals surface area contributed by atoms with E-state index in [0.717, 1.165) is 21.0 Å². The van der Waals surface area contributed by atoms with Gasteiger partial charge in [-0.15, -0.1) is 5.10 Å². The van der Waals surface area contributed by atoms with E-state index in [4.69, 9.17) is 44.6 Å². The summed E-state index contributed by atoms with van der Waals surface area (Å²) in [6.07, 6.45) is 0. The molecule has 29 heavy (non-hydrogen) atoms. The van der Waals surface area contributed by atoms with E-state index in [1.54, 1.807) is 30.0 Å². The summed E-state index contributed by atoms with van der Waals surface area (Å²) >= 11 is 20.4. The minimum absolute atomic E-state index is 0.407. The molecule has 4 rings (SSSR count). The van der Waals surface area contributed by atoms with Crippen LogP contribution in [0.4, 0.5) is 0 Å². The van der Waals surface area contributed by atoms with Crippen LogP contribution in [0.5, 0.6) is 5.75 Å². The smallest absolute Gasteiger partial charge is 0.336 e. The lowest BCUT2D eigenvalue weighted by Gasteiger charge is -2.06. The molecule has 0 aliphatic carbocycles. The van der Waals surface area contributed by atoms with Gasteiger partial charge in [-0.05, 0) is 48.1 Å². The molecule has 0 saturated heterocycles. The van der Waals surface area contributed by atoms with E-state index < -0.39 is 5.63 Å². The van der Waals surface area contributed by atoms with Crippen LogP contribution in [0.3, 0.4) is 0 Å². The molecule has 5 nitrogen and oxygen atoms in total. The van der Waals surface area contributed by atoms with Gasteiger partial charge in [-0.1, -0.05) is 46.3 Å².